The smallest absolute Gasteiger partial charge is 0.238 e. The molecule has 0 aliphatic rings. The second-order valence-corrected chi connectivity index (χ2v) is 7.43. The van der Waals surface area contributed by atoms with E-state index in [1.165, 1.54) is 31.4 Å². The molecule has 1 amide bonds. The molecule has 0 saturated carbocycles. The molecule has 6 nitrogen and oxygen atoms in total. The van der Waals surface area contributed by atoms with E-state index in [1.807, 2.05) is 0 Å². The van der Waals surface area contributed by atoms with E-state index < -0.39 is 15.8 Å². The number of carbonyl (C=O) groups is 1. The Morgan fingerprint density at radius 2 is 1.88 bits per heavy atom. The Morgan fingerprint density at radius 1 is 1.23 bits per heavy atom. The number of hydrogen-bond donors (Lipinski definition) is 2. The van der Waals surface area contributed by atoms with Gasteiger partial charge in [-0.1, -0.05) is 18.2 Å². The highest BCUT2D eigenvalue weighted by Crippen LogP contribution is 2.21. The molecule has 3 N–H and O–H groups in total. The van der Waals surface area contributed by atoms with Gasteiger partial charge >= 0.3 is 0 Å². The van der Waals surface area contributed by atoms with Crippen molar-refractivity contribution in [2.45, 2.75) is 30.7 Å². The van der Waals surface area contributed by atoms with Gasteiger partial charge in [0.1, 0.15) is 0 Å². The van der Waals surface area contributed by atoms with E-state index in [4.69, 9.17) is 9.88 Å². The molecule has 0 heterocycles. The van der Waals surface area contributed by atoms with Crippen LogP contribution in [0.15, 0.2) is 47.4 Å². The maximum atomic E-state index is 13.7. The lowest BCUT2D eigenvalue weighted by molar-refractivity contribution is -0.121. The Hall–Kier alpha value is -2.45. The van der Waals surface area contributed by atoms with Crippen LogP contribution in [-0.4, -0.2) is 21.4 Å². The summed E-state index contributed by atoms with van der Waals surface area (Å²) >= 11 is 0. The lowest BCUT2D eigenvalue weighted by atomic mass is 10.1. The van der Waals surface area contributed by atoms with Crippen LogP contribution in [-0.2, 0) is 21.2 Å². The van der Waals surface area contributed by atoms with Crippen LogP contribution in [0.4, 0.5) is 4.39 Å². The number of sulfonamides is 1. The predicted molar refractivity (Wildman–Crippen MR) is 95.6 cm³/mol. The summed E-state index contributed by atoms with van der Waals surface area (Å²) in [6.45, 7) is 1.76. The highest BCUT2D eigenvalue weighted by atomic mass is 32.2. The van der Waals surface area contributed by atoms with Gasteiger partial charge in [-0.05, 0) is 48.7 Å². The van der Waals surface area contributed by atoms with Crippen molar-refractivity contribution in [3.8, 4) is 5.75 Å². The van der Waals surface area contributed by atoms with Crippen molar-refractivity contribution >= 4 is 15.9 Å². The van der Waals surface area contributed by atoms with Crippen LogP contribution in [0.1, 0.15) is 30.5 Å². The van der Waals surface area contributed by atoms with Crippen molar-refractivity contribution < 1.29 is 22.3 Å². The Labute approximate surface area is 152 Å². The molecule has 1 atom stereocenters. The fraction of sp³-hybridized carbons (Fsp3) is 0.278. The molecular weight excluding hydrogens is 359 g/mol. The lowest BCUT2D eigenvalue weighted by Crippen LogP contribution is -2.26. The topological polar surface area (TPSA) is 98.5 Å². The van der Waals surface area contributed by atoms with Crippen LogP contribution in [0.25, 0.3) is 0 Å². The summed E-state index contributed by atoms with van der Waals surface area (Å²) in [5.41, 5.74) is 1.45. The van der Waals surface area contributed by atoms with Crippen LogP contribution >= 0.6 is 0 Å². The minimum absolute atomic E-state index is 0.0286. The molecular formula is C18H21FN2O4S. The molecule has 26 heavy (non-hydrogen) atoms. The number of amides is 1. The minimum Gasteiger partial charge on any atom is -0.494 e. The van der Waals surface area contributed by atoms with Gasteiger partial charge in [-0.2, -0.15) is 0 Å². The molecule has 2 aromatic carbocycles. The Morgan fingerprint density at radius 3 is 2.42 bits per heavy atom. The number of hydrogen-bond acceptors (Lipinski definition) is 4. The average molecular weight is 380 g/mol. The zero-order valence-electron chi connectivity index (χ0n) is 14.5. The second kappa shape index (κ2) is 8.29. The van der Waals surface area contributed by atoms with Crippen LogP contribution in [0.5, 0.6) is 5.75 Å². The van der Waals surface area contributed by atoms with Gasteiger partial charge < -0.3 is 10.1 Å². The van der Waals surface area contributed by atoms with Gasteiger partial charge in [0.05, 0.1) is 18.0 Å². The van der Waals surface area contributed by atoms with E-state index >= 15 is 0 Å². The zero-order valence-corrected chi connectivity index (χ0v) is 15.3. The minimum atomic E-state index is -3.72. The standard InChI is InChI=1S/C18H21FN2O4S/c1-12(14-6-9-17(25-2)16(19)11-14)21-18(22)10-5-13-3-7-15(8-4-13)26(20,23)24/h3-4,6-9,11-12H,5,10H2,1-2H3,(H,21,22)(H2,20,23,24). The molecule has 1 unspecified atom stereocenters. The van der Waals surface area contributed by atoms with Crippen molar-refractivity contribution in [2.75, 3.05) is 7.11 Å². The fourth-order valence-electron chi connectivity index (χ4n) is 2.45. The fourth-order valence-corrected chi connectivity index (χ4v) is 2.97. The van der Waals surface area contributed by atoms with Crippen molar-refractivity contribution in [3.63, 3.8) is 0 Å². The molecule has 140 valence electrons. The van der Waals surface area contributed by atoms with E-state index in [0.29, 0.717) is 12.0 Å². The maximum Gasteiger partial charge on any atom is 0.238 e. The van der Waals surface area contributed by atoms with E-state index in [1.54, 1.807) is 25.1 Å². The number of methoxy groups -OCH3 is 1. The molecule has 2 rings (SSSR count). The van der Waals surface area contributed by atoms with E-state index in [9.17, 15) is 17.6 Å². The number of halogens is 1. The molecule has 0 aliphatic heterocycles. The number of rotatable bonds is 7. The van der Waals surface area contributed by atoms with E-state index in [2.05, 4.69) is 5.32 Å². The first kappa shape index (κ1) is 19.9. The Bertz CT molecular complexity index is 883. The largest absolute Gasteiger partial charge is 0.494 e. The normalized spacial score (nSPS) is 12.5. The van der Waals surface area contributed by atoms with Gasteiger partial charge in [0.15, 0.2) is 11.6 Å². The molecule has 2 aromatic rings. The number of nitrogens with two attached hydrogens (primary N) is 1. The van der Waals surface area contributed by atoms with Crippen LogP contribution in [0.3, 0.4) is 0 Å². The average Bonchev–Trinajstić information content (AvgIpc) is 2.59. The quantitative estimate of drug-likeness (QED) is 0.770. The van der Waals surface area contributed by atoms with Crippen molar-refractivity contribution in [1.82, 2.24) is 5.32 Å². The number of carbonyl (C=O) groups excluding carboxylic acids is 1. The van der Waals surface area contributed by atoms with E-state index in [-0.39, 0.29) is 29.0 Å². The summed E-state index contributed by atoms with van der Waals surface area (Å²) in [4.78, 5) is 12.1. The van der Waals surface area contributed by atoms with Gasteiger partial charge in [0, 0.05) is 6.42 Å². The number of nitrogens with one attached hydrogen (secondary N) is 1. The molecule has 0 aromatic heterocycles. The summed E-state index contributed by atoms with van der Waals surface area (Å²) < 4.78 is 41.0. The highest BCUT2D eigenvalue weighted by Gasteiger charge is 2.13. The SMILES string of the molecule is COc1ccc(C(C)NC(=O)CCc2ccc(S(N)(=O)=O)cc2)cc1F. The third-order valence-corrected chi connectivity index (χ3v) is 4.88. The van der Waals surface area contributed by atoms with Crippen molar-refractivity contribution in [2.24, 2.45) is 5.14 Å². The number of ether oxygens (including phenoxy) is 1. The third kappa shape index (κ3) is 5.27. The van der Waals surface area contributed by atoms with Crippen LogP contribution in [0.2, 0.25) is 0 Å². The van der Waals surface area contributed by atoms with Gasteiger partial charge in [0.2, 0.25) is 15.9 Å². The molecule has 0 fully saturated rings. The molecule has 0 radical (unpaired) electrons. The first-order valence-electron chi connectivity index (χ1n) is 7.95. The summed E-state index contributed by atoms with van der Waals surface area (Å²) in [5.74, 6) is -0.527. The van der Waals surface area contributed by atoms with Gasteiger partial charge in [0.25, 0.3) is 0 Å². The molecule has 0 aliphatic carbocycles. The lowest BCUT2D eigenvalue weighted by Gasteiger charge is -2.15. The predicted octanol–water partition coefficient (Wildman–Crippen LogP) is 2.29. The molecule has 0 saturated heterocycles. The van der Waals surface area contributed by atoms with Gasteiger partial charge in [-0.3, -0.25) is 4.79 Å². The van der Waals surface area contributed by atoms with Crippen LogP contribution in [0, 0.1) is 5.82 Å². The summed E-state index contributed by atoms with van der Waals surface area (Å²) in [6, 6.07) is 10.2. The molecule has 0 spiro atoms. The van der Waals surface area contributed by atoms with Crippen molar-refractivity contribution in [1.29, 1.82) is 0 Å². The number of benzene rings is 2. The highest BCUT2D eigenvalue weighted by molar-refractivity contribution is 7.89. The zero-order chi connectivity index (χ0) is 19.3. The summed E-state index contributed by atoms with van der Waals surface area (Å²) in [7, 11) is -2.34. The third-order valence-electron chi connectivity index (χ3n) is 3.95. The monoisotopic (exact) mass is 380 g/mol. The van der Waals surface area contributed by atoms with Crippen molar-refractivity contribution in [3.05, 3.63) is 59.4 Å². The second-order valence-electron chi connectivity index (χ2n) is 5.87. The number of aryl methyl sites for hydroxylation is 1. The van der Waals surface area contributed by atoms with Gasteiger partial charge in [-0.25, -0.2) is 17.9 Å². The summed E-state index contributed by atoms with van der Waals surface area (Å²) in [6.07, 6.45) is 0.665. The number of primary sulfonamides is 1. The first-order chi connectivity index (χ1) is 12.2. The van der Waals surface area contributed by atoms with E-state index in [0.717, 1.165) is 5.56 Å². The molecule has 0 bridgehead atoms. The van der Waals surface area contributed by atoms with Gasteiger partial charge in [-0.15, -0.1) is 0 Å². The Kier molecular flexibility index (Phi) is 6.33. The maximum absolute atomic E-state index is 13.7. The first-order valence-corrected chi connectivity index (χ1v) is 9.50. The summed E-state index contributed by atoms with van der Waals surface area (Å²) in [5, 5.41) is 7.85. The van der Waals surface area contributed by atoms with Crippen LogP contribution < -0.4 is 15.2 Å². The molecule has 8 heteroatoms. The Balaban J connectivity index is 1.91.